The number of nitrogens with one attached hydrogen (secondary N) is 2. The van der Waals surface area contributed by atoms with E-state index in [-0.39, 0.29) is 17.6 Å². The van der Waals surface area contributed by atoms with Crippen molar-refractivity contribution in [2.75, 3.05) is 11.1 Å². The fourth-order valence-corrected chi connectivity index (χ4v) is 4.08. The number of carbonyl (C=O) groups excluding carboxylic acids is 2. The second-order valence-electron chi connectivity index (χ2n) is 7.06. The fourth-order valence-electron chi connectivity index (χ4n) is 3.05. The minimum absolute atomic E-state index is 0.0778. The average molecular weight is 476 g/mol. The smallest absolute Gasteiger partial charge is 0.253 e. The normalized spacial score (nSPS) is 11.8. The monoisotopic (exact) mass is 475 g/mol. The molecule has 1 atom stereocenters. The van der Waals surface area contributed by atoms with Crippen LogP contribution in [0.5, 0.6) is 0 Å². The van der Waals surface area contributed by atoms with Gasteiger partial charge < -0.3 is 15.2 Å². The highest BCUT2D eigenvalue weighted by atomic mass is 35.5. The van der Waals surface area contributed by atoms with E-state index >= 15 is 0 Å². The van der Waals surface area contributed by atoms with Crippen molar-refractivity contribution in [1.29, 1.82) is 0 Å². The van der Waals surface area contributed by atoms with Gasteiger partial charge in [-0.2, -0.15) is 0 Å². The number of hydrogen-bond acceptors (Lipinski definition) is 5. The molecule has 0 spiro atoms. The quantitative estimate of drug-likeness (QED) is 0.464. The van der Waals surface area contributed by atoms with Gasteiger partial charge in [0.25, 0.3) is 5.91 Å². The molecule has 0 fully saturated rings. The van der Waals surface area contributed by atoms with Crippen molar-refractivity contribution < 1.29 is 14.0 Å². The van der Waals surface area contributed by atoms with Crippen molar-refractivity contribution in [2.45, 2.75) is 38.5 Å². The molecule has 10 heteroatoms. The Morgan fingerprint density at radius 1 is 1.22 bits per heavy atom. The number of hydrogen-bond donors (Lipinski definition) is 2. The Bertz CT molecular complexity index is 1140. The molecule has 1 aromatic heterocycles. The molecule has 7 nitrogen and oxygen atoms in total. The van der Waals surface area contributed by atoms with Crippen LogP contribution in [-0.4, -0.2) is 32.3 Å². The van der Waals surface area contributed by atoms with Crippen molar-refractivity contribution in [2.24, 2.45) is 0 Å². The van der Waals surface area contributed by atoms with E-state index in [1.807, 2.05) is 11.5 Å². The number of aryl methyl sites for hydroxylation is 1. The van der Waals surface area contributed by atoms with Crippen LogP contribution in [0.2, 0.25) is 5.02 Å². The molecule has 0 unspecified atom stereocenters. The van der Waals surface area contributed by atoms with Crippen LogP contribution in [0.25, 0.3) is 0 Å². The third kappa shape index (κ3) is 5.66. The van der Waals surface area contributed by atoms with Crippen LogP contribution in [-0.2, 0) is 11.3 Å². The van der Waals surface area contributed by atoms with Crippen LogP contribution in [0.15, 0.2) is 47.6 Å². The van der Waals surface area contributed by atoms with Gasteiger partial charge in [-0.05, 0) is 50.6 Å². The van der Waals surface area contributed by atoms with Crippen LogP contribution >= 0.6 is 23.4 Å². The van der Waals surface area contributed by atoms with E-state index in [1.54, 1.807) is 44.2 Å². The number of amides is 2. The molecule has 1 heterocycles. The fraction of sp³-hybridized carbons (Fsp3) is 0.273. The Morgan fingerprint density at radius 2 is 1.97 bits per heavy atom. The first-order chi connectivity index (χ1) is 15.3. The Balaban J connectivity index is 1.65. The lowest BCUT2D eigenvalue weighted by Crippen LogP contribution is -2.29. The van der Waals surface area contributed by atoms with Crippen LogP contribution < -0.4 is 10.6 Å². The van der Waals surface area contributed by atoms with Gasteiger partial charge in [-0.15, -0.1) is 10.2 Å². The Kier molecular flexibility index (Phi) is 7.87. The number of halogens is 2. The molecule has 3 aromatic rings. The standard InChI is InChI=1S/C22H23ClFN5O2S/c1-4-29-20(14(3)25-21(31)16-7-5-6-8-17(16)23)27-28-22(29)32-12-19(30)26-18-11-15(24)10-9-13(18)2/h5-11,14H,4,12H2,1-3H3,(H,25,31)(H,26,30)/t14-/m0/s1. The van der Waals surface area contributed by atoms with Crippen LogP contribution in [0.3, 0.4) is 0 Å². The topological polar surface area (TPSA) is 88.9 Å². The van der Waals surface area contributed by atoms with E-state index < -0.39 is 11.9 Å². The van der Waals surface area contributed by atoms with E-state index in [2.05, 4.69) is 20.8 Å². The summed E-state index contributed by atoms with van der Waals surface area (Å²) in [6.45, 7) is 6.08. The summed E-state index contributed by atoms with van der Waals surface area (Å²) in [4.78, 5) is 24.9. The van der Waals surface area contributed by atoms with Gasteiger partial charge in [-0.1, -0.05) is 41.6 Å². The van der Waals surface area contributed by atoms with E-state index in [9.17, 15) is 14.0 Å². The molecule has 2 aromatic carbocycles. The molecular weight excluding hydrogens is 453 g/mol. The maximum atomic E-state index is 13.4. The lowest BCUT2D eigenvalue weighted by molar-refractivity contribution is -0.113. The van der Waals surface area contributed by atoms with E-state index in [0.29, 0.717) is 33.8 Å². The zero-order chi connectivity index (χ0) is 23.3. The third-order valence-electron chi connectivity index (χ3n) is 4.72. The zero-order valence-electron chi connectivity index (χ0n) is 17.9. The summed E-state index contributed by atoms with van der Waals surface area (Å²) >= 11 is 7.32. The summed E-state index contributed by atoms with van der Waals surface area (Å²) in [6, 6.07) is 10.6. The lowest BCUT2D eigenvalue weighted by atomic mass is 10.2. The molecule has 0 aliphatic rings. The Morgan fingerprint density at radius 3 is 2.69 bits per heavy atom. The Labute approximate surface area is 194 Å². The highest BCUT2D eigenvalue weighted by Gasteiger charge is 2.21. The van der Waals surface area contributed by atoms with Crippen molar-refractivity contribution in [3.8, 4) is 0 Å². The molecular formula is C22H23ClFN5O2S. The summed E-state index contributed by atoms with van der Waals surface area (Å²) < 4.78 is 15.3. The maximum absolute atomic E-state index is 13.4. The van der Waals surface area contributed by atoms with Gasteiger partial charge in [-0.25, -0.2) is 4.39 Å². The maximum Gasteiger partial charge on any atom is 0.253 e. The van der Waals surface area contributed by atoms with E-state index in [4.69, 9.17) is 11.6 Å². The van der Waals surface area contributed by atoms with E-state index in [1.165, 1.54) is 23.9 Å². The van der Waals surface area contributed by atoms with Crippen LogP contribution in [0.4, 0.5) is 10.1 Å². The molecule has 0 radical (unpaired) electrons. The van der Waals surface area contributed by atoms with Gasteiger partial charge in [0.2, 0.25) is 5.91 Å². The van der Waals surface area contributed by atoms with Crippen molar-refractivity contribution in [3.05, 3.63) is 70.3 Å². The van der Waals surface area contributed by atoms with Gasteiger partial charge >= 0.3 is 0 Å². The minimum Gasteiger partial charge on any atom is -0.342 e. The first-order valence-corrected chi connectivity index (χ1v) is 11.3. The molecule has 2 N–H and O–H groups in total. The highest BCUT2D eigenvalue weighted by Crippen LogP contribution is 2.23. The summed E-state index contributed by atoms with van der Waals surface area (Å²) in [5.74, 6) is -0.364. The molecule has 0 aliphatic heterocycles. The molecule has 168 valence electrons. The second kappa shape index (κ2) is 10.6. The van der Waals surface area contributed by atoms with Gasteiger partial charge in [0.15, 0.2) is 11.0 Å². The average Bonchev–Trinajstić information content (AvgIpc) is 3.18. The van der Waals surface area contributed by atoms with Crippen molar-refractivity contribution >= 4 is 40.9 Å². The number of carbonyl (C=O) groups is 2. The van der Waals surface area contributed by atoms with E-state index in [0.717, 1.165) is 5.56 Å². The summed E-state index contributed by atoms with van der Waals surface area (Å²) in [5, 5.41) is 14.9. The first kappa shape index (κ1) is 23.7. The van der Waals surface area contributed by atoms with Gasteiger partial charge in [-0.3, -0.25) is 9.59 Å². The number of nitrogens with zero attached hydrogens (tertiary/aromatic N) is 3. The van der Waals surface area contributed by atoms with Crippen molar-refractivity contribution in [3.63, 3.8) is 0 Å². The molecule has 0 bridgehead atoms. The molecule has 2 amide bonds. The SMILES string of the molecule is CCn1c(SCC(=O)Nc2cc(F)ccc2C)nnc1[C@H](C)NC(=O)c1ccccc1Cl. The number of aromatic nitrogens is 3. The zero-order valence-corrected chi connectivity index (χ0v) is 19.4. The lowest BCUT2D eigenvalue weighted by Gasteiger charge is -2.15. The second-order valence-corrected chi connectivity index (χ2v) is 8.41. The minimum atomic E-state index is -0.427. The first-order valence-electron chi connectivity index (χ1n) is 9.97. The molecule has 0 saturated heterocycles. The van der Waals surface area contributed by atoms with Crippen LogP contribution in [0.1, 0.15) is 41.6 Å². The molecule has 3 rings (SSSR count). The number of benzene rings is 2. The Hall–Kier alpha value is -2.91. The largest absolute Gasteiger partial charge is 0.342 e. The summed E-state index contributed by atoms with van der Waals surface area (Å²) in [7, 11) is 0. The summed E-state index contributed by atoms with van der Waals surface area (Å²) in [6.07, 6.45) is 0. The number of anilines is 1. The molecule has 0 aliphatic carbocycles. The van der Waals surface area contributed by atoms with Gasteiger partial charge in [0, 0.05) is 12.2 Å². The van der Waals surface area contributed by atoms with Gasteiger partial charge in [0.05, 0.1) is 22.4 Å². The van der Waals surface area contributed by atoms with Gasteiger partial charge in [0.1, 0.15) is 5.82 Å². The third-order valence-corrected chi connectivity index (χ3v) is 6.02. The number of rotatable bonds is 8. The number of thioether (sulfide) groups is 1. The predicted molar refractivity (Wildman–Crippen MR) is 124 cm³/mol. The highest BCUT2D eigenvalue weighted by molar-refractivity contribution is 7.99. The molecule has 32 heavy (non-hydrogen) atoms. The molecule has 0 saturated carbocycles. The van der Waals surface area contributed by atoms with Crippen molar-refractivity contribution in [1.82, 2.24) is 20.1 Å². The van der Waals surface area contributed by atoms with Crippen LogP contribution in [0, 0.1) is 12.7 Å². The summed E-state index contributed by atoms with van der Waals surface area (Å²) in [5.41, 5.74) is 1.58. The predicted octanol–water partition coefficient (Wildman–Crippen LogP) is 4.62.